The molecule has 0 atom stereocenters. The molecule has 0 spiro atoms. The molecule has 1 saturated heterocycles. The second-order valence-electron chi connectivity index (χ2n) is 4.33. The molecule has 0 aliphatic carbocycles. The van der Waals surface area contributed by atoms with E-state index in [2.05, 4.69) is 37.1 Å². The molecule has 3 nitrogen and oxygen atoms in total. The molecule has 1 fully saturated rings. The predicted octanol–water partition coefficient (Wildman–Crippen LogP) is 3.10. The summed E-state index contributed by atoms with van der Waals surface area (Å²) in [6.07, 6.45) is 4.68. The predicted molar refractivity (Wildman–Crippen MR) is 72.6 cm³/mol. The van der Waals surface area contributed by atoms with Gasteiger partial charge in [-0.05, 0) is 25.2 Å². The Morgan fingerprint density at radius 3 is 2.81 bits per heavy atom. The maximum Gasteiger partial charge on any atom is 0.205 e. The highest BCUT2D eigenvalue weighted by atomic mass is 79.9. The highest BCUT2D eigenvalue weighted by Crippen LogP contribution is 2.25. The second-order valence-corrected chi connectivity index (χ2v) is 5.71. The fourth-order valence-electron chi connectivity index (χ4n) is 1.98. The molecule has 0 amide bonds. The second kappa shape index (κ2) is 5.96. The Kier molecular flexibility index (Phi) is 4.58. The molecule has 0 unspecified atom stereocenters. The van der Waals surface area contributed by atoms with Crippen molar-refractivity contribution >= 4 is 32.6 Å². The Balaban J connectivity index is 1.92. The van der Waals surface area contributed by atoms with Crippen molar-refractivity contribution in [1.82, 2.24) is 9.36 Å². The number of hydrogen-bond donors (Lipinski definition) is 0. The summed E-state index contributed by atoms with van der Waals surface area (Å²) in [4.78, 5) is 6.98. The summed E-state index contributed by atoms with van der Waals surface area (Å²) in [5.74, 6) is 1.87. The van der Waals surface area contributed by atoms with E-state index in [0.29, 0.717) is 0 Å². The lowest BCUT2D eigenvalue weighted by molar-refractivity contribution is 0.446. The standard InChI is InChI=1S/C11H18BrN3S/c1-2-3-10-13-11(16-14-10)15-6-4-9(8-12)5-7-15/h9H,2-8H2,1H3. The zero-order valence-corrected chi connectivity index (χ0v) is 12.1. The number of aromatic nitrogens is 2. The molecular formula is C11H18BrN3S. The molecule has 0 N–H and O–H groups in total. The number of alkyl halides is 1. The lowest BCUT2D eigenvalue weighted by atomic mass is 10.00. The van der Waals surface area contributed by atoms with Crippen LogP contribution in [0.4, 0.5) is 5.13 Å². The molecule has 1 aromatic rings. The summed E-state index contributed by atoms with van der Waals surface area (Å²) in [6, 6.07) is 0. The number of piperidine rings is 1. The number of rotatable bonds is 4. The zero-order valence-electron chi connectivity index (χ0n) is 9.65. The maximum absolute atomic E-state index is 4.60. The van der Waals surface area contributed by atoms with Gasteiger partial charge in [0.15, 0.2) is 0 Å². The van der Waals surface area contributed by atoms with Crippen molar-refractivity contribution in [2.75, 3.05) is 23.3 Å². The summed E-state index contributed by atoms with van der Waals surface area (Å²) in [5.41, 5.74) is 0. The van der Waals surface area contributed by atoms with E-state index in [4.69, 9.17) is 0 Å². The SMILES string of the molecule is CCCc1nsc(N2CCC(CBr)CC2)n1. The lowest BCUT2D eigenvalue weighted by Crippen LogP contribution is -2.34. The van der Waals surface area contributed by atoms with Gasteiger partial charge in [0.1, 0.15) is 5.82 Å². The van der Waals surface area contributed by atoms with Gasteiger partial charge in [-0.25, -0.2) is 4.98 Å². The van der Waals surface area contributed by atoms with Crippen molar-refractivity contribution in [2.24, 2.45) is 5.92 Å². The molecule has 0 radical (unpaired) electrons. The molecule has 90 valence electrons. The lowest BCUT2D eigenvalue weighted by Gasteiger charge is -2.30. The number of hydrogen-bond acceptors (Lipinski definition) is 4. The Morgan fingerprint density at radius 1 is 1.44 bits per heavy atom. The summed E-state index contributed by atoms with van der Waals surface area (Å²) < 4.78 is 4.40. The van der Waals surface area contributed by atoms with Crippen LogP contribution in [0.25, 0.3) is 0 Å². The topological polar surface area (TPSA) is 29.0 Å². The Morgan fingerprint density at radius 2 is 2.19 bits per heavy atom. The highest BCUT2D eigenvalue weighted by Gasteiger charge is 2.20. The van der Waals surface area contributed by atoms with E-state index in [1.165, 1.54) is 12.8 Å². The van der Waals surface area contributed by atoms with Crippen molar-refractivity contribution < 1.29 is 0 Å². The van der Waals surface area contributed by atoms with Crippen LogP contribution < -0.4 is 4.90 Å². The van der Waals surface area contributed by atoms with E-state index in [9.17, 15) is 0 Å². The normalized spacial score (nSPS) is 18.0. The van der Waals surface area contributed by atoms with Gasteiger partial charge in [-0.15, -0.1) is 0 Å². The molecule has 0 saturated carbocycles. The minimum atomic E-state index is 0.847. The highest BCUT2D eigenvalue weighted by molar-refractivity contribution is 9.09. The van der Waals surface area contributed by atoms with E-state index < -0.39 is 0 Å². The average Bonchev–Trinajstić information content (AvgIpc) is 2.78. The number of aryl methyl sites for hydroxylation is 1. The summed E-state index contributed by atoms with van der Waals surface area (Å²) in [7, 11) is 0. The van der Waals surface area contributed by atoms with E-state index in [0.717, 1.165) is 48.1 Å². The molecular weight excluding hydrogens is 286 g/mol. The van der Waals surface area contributed by atoms with Crippen LogP contribution in [0.3, 0.4) is 0 Å². The summed E-state index contributed by atoms with van der Waals surface area (Å²) >= 11 is 5.13. The first-order chi connectivity index (χ1) is 7.83. The van der Waals surface area contributed by atoms with Crippen LogP contribution in [0.1, 0.15) is 32.0 Å². The van der Waals surface area contributed by atoms with Crippen LogP contribution in [-0.2, 0) is 6.42 Å². The molecule has 2 heterocycles. The quantitative estimate of drug-likeness (QED) is 0.800. The van der Waals surface area contributed by atoms with Crippen LogP contribution in [-0.4, -0.2) is 27.8 Å². The van der Waals surface area contributed by atoms with Gasteiger partial charge in [0.2, 0.25) is 5.13 Å². The zero-order chi connectivity index (χ0) is 11.4. The summed E-state index contributed by atoms with van der Waals surface area (Å²) in [5, 5.41) is 2.26. The monoisotopic (exact) mass is 303 g/mol. The van der Waals surface area contributed by atoms with Gasteiger partial charge in [-0.2, -0.15) is 4.37 Å². The first-order valence-electron chi connectivity index (χ1n) is 5.97. The van der Waals surface area contributed by atoms with Crippen molar-refractivity contribution in [3.8, 4) is 0 Å². The summed E-state index contributed by atoms with van der Waals surface area (Å²) in [6.45, 7) is 4.44. The van der Waals surface area contributed by atoms with E-state index in [1.807, 2.05) is 0 Å². The van der Waals surface area contributed by atoms with Crippen LogP contribution in [0, 0.1) is 5.92 Å². The molecule has 1 aliphatic heterocycles. The van der Waals surface area contributed by atoms with Crippen LogP contribution in [0.2, 0.25) is 0 Å². The third kappa shape index (κ3) is 2.94. The molecule has 2 rings (SSSR count). The molecule has 0 aromatic carbocycles. The maximum atomic E-state index is 4.60. The minimum Gasteiger partial charge on any atom is -0.347 e. The number of nitrogens with zero attached hydrogens (tertiary/aromatic N) is 3. The van der Waals surface area contributed by atoms with Crippen LogP contribution in [0.5, 0.6) is 0 Å². The Bertz CT molecular complexity index is 321. The van der Waals surface area contributed by atoms with Crippen LogP contribution in [0.15, 0.2) is 0 Å². The van der Waals surface area contributed by atoms with Gasteiger partial charge in [-0.1, -0.05) is 22.9 Å². The van der Waals surface area contributed by atoms with E-state index in [1.54, 1.807) is 11.5 Å². The Labute approximate surface area is 110 Å². The number of anilines is 1. The first-order valence-corrected chi connectivity index (χ1v) is 7.86. The third-order valence-corrected chi connectivity index (χ3v) is 4.76. The molecule has 0 bridgehead atoms. The van der Waals surface area contributed by atoms with Crippen LogP contribution >= 0.6 is 27.5 Å². The smallest absolute Gasteiger partial charge is 0.205 e. The van der Waals surface area contributed by atoms with Gasteiger partial charge < -0.3 is 4.90 Å². The number of halogens is 1. The van der Waals surface area contributed by atoms with Crippen molar-refractivity contribution in [1.29, 1.82) is 0 Å². The van der Waals surface area contributed by atoms with Gasteiger partial charge in [0.25, 0.3) is 0 Å². The van der Waals surface area contributed by atoms with Gasteiger partial charge in [0, 0.05) is 36.4 Å². The first kappa shape index (κ1) is 12.3. The molecule has 1 aliphatic rings. The van der Waals surface area contributed by atoms with Crippen molar-refractivity contribution in [3.05, 3.63) is 5.82 Å². The fourth-order valence-corrected chi connectivity index (χ4v) is 3.39. The van der Waals surface area contributed by atoms with Gasteiger partial charge in [0.05, 0.1) is 0 Å². The fraction of sp³-hybridized carbons (Fsp3) is 0.818. The third-order valence-electron chi connectivity index (χ3n) is 3.03. The average molecular weight is 304 g/mol. The van der Waals surface area contributed by atoms with Gasteiger partial charge in [-0.3, -0.25) is 0 Å². The molecule has 16 heavy (non-hydrogen) atoms. The van der Waals surface area contributed by atoms with Crippen molar-refractivity contribution in [2.45, 2.75) is 32.6 Å². The molecule has 1 aromatic heterocycles. The van der Waals surface area contributed by atoms with E-state index >= 15 is 0 Å². The van der Waals surface area contributed by atoms with Gasteiger partial charge >= 0.3 is 0 Å². The minimum absolute atomic E-state index is 0.847. The molecule has 5 heteroatoms. The largest absolute Gasteiger partial charge is 0.347 e. The van der Waals surface area contributed by atoms with E-state index in [-0.39, 0.29) is 0 Å². The Hall–Kier alpha value is -0.160. The van der Waals surface area contributed by atoms with Crippen molar-refractivity contribution in [3.63, 3.8) is 0 Å².